The zero-order valence-electron chi connectivity index (χ0n) is 7.22. The maximum Gasteiger partial charge on any atom is 0.0258 e. The van der Waals surface area contributed by atoms with Gasteiger partial charge >= 0.3 is 0 Å². The zero-order valence-corrected chi connectivity index (χ0v) is 7.22. The summed E-state index contributed by atoms with van der Waals surface area (Å²) in [5, 5.41) is 3.34. The number of rotatable bonds is 3. The summed E-state index contributed by atoms with van der Waals surface area (Å²) in [6.07, 6.45) is 2.61. The summed E-state index contributed by atoms with van der Waals surface area (Å²) in [5.74, 6) is 0. The van der Waals surface area contributed by atoms with E-state index >= 15 is 0 Å². The van der Waals surface area contributed by atoms with Gasteiger partial charge in [0.25, 0.3) is 0 Å². The second-order valence-corrected chi connectivity index (χ2v) is 3.14. The van der Waals surface area contributed by atoms with Crippen molar-refractivity contribution in [1.29, 1.82) is 0 Å². The van der Waals surface area contributed by atoms with Gasteiger partial charge in [0.2, 0.25) is 0 Å². The van der Waals surface area contributed by atoms with Crippen LogP contribution >= 0.6 is 0 Å². The van der Waals surface area contributed by atoms with Gasteiger partial charge in [-0.3, -0.25) is 0 Å². The summed E-state index contributed by atoms with van der Waals surface area (Å²) in [6, 6.07) is 1.51. The van der Waals surface area contributed by atoms with E-state index in [1.807, 2.05) is 0 Å². The molecule has 1 rings (SSSR count). The Hall–Kier alpha value is -0.0800. The molecule has 2 nitrogen and oxygen atoms in total. The second kappa shape index (κ2) is 3.35. The van der Waals surface area contributed by atoms with E-state index in [1.54, 1.807) is 0 Å². The molecule has 0 aromatic rings. The number of hydrogen-bond donors (Lipinski definition) is 1. The molecule has 0 radical (unpaired) electrons. The van der Waals surface area contributed by atoms with E-state index in [2.05, 4.69) is 31.2 Å². The van der Waals surface area contributed by atoms with Gasteiger partial charge in [0.05, 0.1) is 0 Å². The summed E-state index contributed by atoms with van der Waals surface area (Å²) in [6.45, 7) is 3.52. The average Bonchev–Trinajstić information content (AvgIpc) is 1.96. The lowest BCUT2D eigenvalue weighted by atomic mass is 9.94. The first-order valence-electron chi connectivity index (χ1n) is 4.17. The predicted octanol–water partition coefficient (Wildman–Crippen LogP) is 0.688. The highest BCUT2D eigenvalue weighted by Gasteiger charge is 2.29. The lowest BCUT2D eigenvalue weighted by Crippen LogP contribution is -2.55. The lowest BCUT2D eigenvalue weighted by molar-refractivity contribution is 0.0906. The molecule has 0 aromatic carbocycles. The summed E-state index contributed by atoms with van der Waals surface area (Å²) >= 11 is 0. The van der Waals surface area contributed by atoms with Crippen molar-refractivity contribution in [3.8, 4) is 0 Å². The smallest absolute Gasteiger partial charge is 0.0258 e. The molecule has 0 amide bonds. The molecule has 1 heterocycles. The number of nitrogens with zero attached hydrogens (tertiary/aromatic N) is 1. The Bertz CT molecular complexity index is 96.7. The molecule has 2 atom stereocenters. The molecule has 0 saturated carbocycles. The monoisotopic (exact) mass is 142 g/mol. The number of nitrogens with one attached hydrogen (secondary N) is 1. The van der Waals surface area contributed by atoms with Crippen molar-refractivity contribution < 1.29 is 0 Å². The maximum atomic E-state index is 3.34. The fourth-order valence-electron chi connectivity index (χ4n) is 1.71. The molecular weight excluding hydrogens is 124 g/mol. The zero-order chi connectivity index (χ0) is 7.56. The second-order valence-electron chi connectivity index (χ2n) is 3.14. The van der Waals surface area contributed by atoms with Crippen LogP contribution < -0.4 is 5.32 Å². The van der Waals surface area contributed by atoms with Crippen LogP contribution in [-0.4, -0.2) is 37.6 Å². The van der Waals surface area contributed by atoms with E-state index in [4.69, 9.17) is 0 Å². The molecule has 1 N–H and O–H groups in total. The molecule has 0 bridgehead atoms. The van der Waals surface area contributed by atoms with Gasteiger partial charge in [-0.2, -0.15) is 0 Å². The van der Waals surface area contributed by atoms with Gasteiger partial charge in [-0.15, -0.1) is 0 Å². The molecule has 2 unspecified atom stereocenters. The van der Waals surface area contributed by atoms with Gasteiger partial charge in [-0.25, -0.2) is 0 Å². The third-order valence-electron chi connectivity index (χ3n) is 2.62. The van der Waals surface area contributed by atoms with Gasteiger partial charge in [0.15, 0.2) is 0 Å². The van der Waals surface area contributed by atoms with E-state index in [9.17, 15) is 0 Å². The summed E-state index contributed by atoms with van der Waals surface area (Å²) < 4.78 is 0. The van der Waals surface area contributed by atoms with Crippen molar-refractivity contribution in [3.05, 3.63) is 0 Å². The first kappa shape index (κ1) is 8.02. The Morgan fingerprint density at radius 2 is 2.40 bits per heavy atom. The first-order valence-corrected chi connectivity index (χ1v) is 4.17. The van der Waals surface area contributed by atoms with Gasteiger partial charge in [0, 0.05) is 12.1 Å². The Labute approximate surface area is 63.6 Å². The van der Waals surface area contributed by atoms with Crippen molar-refractivity contribution in [2.24, 2.45) is 0 Å². The van der Waals surface area contributed by atoms with E-state index in [0.717, 1.165) is 6.04 Å². The fourth-order valence-corrected chi connectivity index (χ4v) is 1.71. The number of likely N-dealkylation sites (N-methyl/N-ethyl adjacent to an activating group) is 2. The van der Waals surface area contributed by atoms with Gasteiger partial charge in [-0.1, -0.05) is 6.92 Å². The third-order valence-corrected chi connectivity index (χ3v) is 2.62. The third kappa shape index (κ3) is 1.32. The molecule has 2 heteroatoms. The quantitative estimate of drug-likeness (QED) is 0.623. The highest BCUT2D eigenvalue weighted by atomic mass is 15.2. The minimum atomic E-state index is 0.707. The Morgan fingerprint density at radius 1 is 1.70 bits per heavy atom. The normalized spacial score (nSPS) is 29.7. The highest BCUT2D eigenvalue weighted by Crippen LogP contribution is 2.19. The SMILES string of the molecule is CCC(NC)C1CCN1C. The predicted molar refractivity (Wildman–Crippen MR) is 44.2 cm³/mol. The molecule has 0 aromatic heterocycles. The fraction of sp³-hybridized carbons (Fsp3) is 1.00. The largest absolute Gasteiger partial charge is 0.315 e. The van der Waals surface area contributed by atoms with Crippen molar-refractivity contribution in [2.75, 3.05) is 20.6 Å². The Morgan fingerprint density at radius 3 is 2.50 bits per heavy atom. The van der Waals surface area contributed by atoms with Gasteiger partial charge < -0.3 is 10.2 Å². The first-order chi connectivity index (χ1) is 4.79. The van der Waals surface area contributed by atoms with Crippen LogP contribution in [-0.2, 0) is 0 Å². The molecule has 1 aliphatic rings. The summed E-state index contributed by atoms with van der Waals surface area (Å²) in [4.78, 5) is 2.42. The maximum absolute atomic E-state index is 3.34. The van der Waals surface area contributed by atoms with Crippen LogP contribution in [0.2, 0.25) is 0 Å². The summed E-state index contributed by atoms with van der Waals surface area (Å²) in [5.41, 5.74) is 0. The highest BCUT2D eigenvalue weighted by molar-refractivity contribution is 4.88. The molecule has 1 saturated heterocycles. The Balaban J connectivity index is 2.31. The van der Waals surface area contributed by atoms with Crippen LogP contribution in [0.4, 0.5) is 0 Å². The Kier molecular flexibility index (Phi) is 2.69. The molecule has 0 aliphatic carbocycles. The van der Waals surface area contributed by atoms with E-state index in [0.29, 0.717) is 6.04 Å². The van der Waals surface area contributed by atoms with Crippen molar-refractivity contribution in [1.82, 2.24) is 10.2 Å². The van der Waals surface area contributed by atoms with Crippen LogP contribution in [0.25, 0.3) is 0 Å². The van der Waals surface area contributed by atoms with Crippen LogP contribution in [0.15, 0.2) is 0 Å². The van der Waals surface area contributed by atoms with Crippen LogP contribution in [0.3, 0.4) is 0 Å². The molecule has 60 valence electrons. The minimum Gasteiger partial charge on any atom is -0.315 e. The molecular formula is C8H18N2. The van der Waals surface area contributed by atoms with Gasteiger partial charge in [-0.05, 0) is 33.5 Å². The van der Waals surface area contributed by atoms with Crippen molar-refractivity contribution >= 4 is 0 Å². The van der Waals surface area contributed by atoms with Crippen molar-refractivity contribution in [2.45, 2.75) is 31.8 Å². The standard InChI is InChI=1S/C8H18N2/c1-4-7(9-2)8-5-6-10(8)3/h7-9H,4-6H2,1-3H3. The summed E-state index contributed by atoms with van der Waals surface area (Å²) in [7, 11) is 4.26. The van der Waals surface area contributed by atoms with E-state index in [1.165, 1.54) is 19.4 Å². The lowest BCUT2D eigenvalue weighted by Gasteiger charge is -2.42. The number of hydrogen-bond acceptors (Lipinski definition) is 2. The molecule has 1 fully saturated rings. The minimum absolute atomic E-state index is 0.707. The van der Waals surface area contributed by atoms with E-state index in [-0.39, 0.29) is 0 Å². The van der Waals surface area contributed by atoms with Gasteiger partial charge in [0.1, 0.15) is 0 Å². The van der Waals surface area contributed by atoms with Crippen LogP contribution in [0.5, 0.6) is 0 Å². The molecule has 1 aliphatic heterocycles. The van der Waals surface area contributed by atoms with E-state index < -0.39 is 0 Å². The van der Waals surface area contributed by atoms with Crippen molar-refractivity contribution in [3.63, 3.8) is 0 Å². The van der Waals surface area contributed by atoms with Crippen LogP contribution in [0.1, 0.15) is 19.8 Å². The molecule has 10 heavy (non-hydrogen) atoms. The van der Waals surface area contributed by atoms with Crippen LogP contribution in [0, 0.1) is 0 Å². The topological polar surface area (TPSA) is 15.3 Å². The number of likely N-dealkylation sites (tertiary alicyclic amines) is 1. The molecule has 0 spiro atoms. The average molecular weight is 142 g/mol.